The van der Waals surface area contributed by atoms with Gasteiger partial charge in [-0.15, -0.1) is 0 Å². The number of nitrogens with zero attached hydrogens (tertiary/aromatic N) is 1. The molecular formula is C13H25N3O3. The Morgan fingerprint density at radius 3 is 2.63 bits per heavy atom. The number of nitrogens with one attached hydrogen (secondary N) is 2. The Labute approximate surface area is 114 Å². The summed E-state index contributed by atoms with van der Waals surface area (Å²) in [6.45, 7) is 2.61. The van der Waals surface area contributed by atoms with Gasteiger partial charge in [-0.25, -0.2) is 4.79 Å². The second-order valence-electron chi connectivity index (χ2n) is 5.21. The molecule has 0 aromatic rings. The molecular weight excluding hydrogens is 246 g/mol. The minimum absolute atomic E-state index is 0.0918. The van der Waals surface area contributed by atoms with Crippen LogP contribution in [0, 0.1) is 0 Å². The van der Waals surface area contributed by atoms with Crippen molar-refractivity contribution >= 4 is 12.0 Å². The van der Waals surface area contributed by atoms with E-state index in [1.54, 1.807) is 0 Å². The Morgan fingerprint density at radius 2 is 2.00 bits per heavy atom. The minimum Gasteiger partial charge on any atom is -0.481 e. The minimum atomic E-state index is -0.737. The number of carbonyl (C=O) groups excluding carboxylic acids is 1. The largest absolute Gasteiger partial charge is 0.481 e. The molecule has 0 aliphatic carbocycles. The Balaban J connectivity index is 1.91. The number of rotatable bonds is 8. The van der Waals surface area contributed by atoms with E-state index in [9.17, 15) is 9.59 Å². The molecule has 0 saturated carbocycles. The highest BCUT2D eigenvalue weighted by atomic mass is 16.4. The first kappa shape index (κ1) is 15.8. The second-order valence-corrected chi connectivity index (χ2v) is 5.21. The number of carboxylic acids is 1. The Hall–Kier alpha value is -1.30. The van der Waals surface area contributed by atoms with Crippen molar-refractivity contribution in [3.8, 4) is 0 Å². The topological polar surface area (TPSA) is 81.7 Å². The molecule has 6 nitrogen and oxygen atoms in total. The summed E-state index contributed by atoms with van der Waals surface area (Å²) in [6, 6.07) is 0.173. The summed E-state index contributed by atoms with van der Waals surface area (Å²) in [5, 5.41) is 14.3. The zero-order valence-corrected chi connectivity index (χ0v) is 11.7. The van der Waals surface area contributed by atoms with Gasteiger partial charge in [0.1, 0.15) is 0 Å². The van der Waals surface area contributed by atoms with Crippen molar-refractivity contribution in [1.82, 2.24) is 15.5 Å². The molecule has 1 fully saturated rings. The quantitative estimate of drug-likeness (QED) is 0.576. The van der Waals surface area contributed by atoms with Gasteiger partial charge in [-0.1, -0.05) is 12.8 Å². The number of likely N-dealkylation sites (tertiary alicyclic amines) is 1. The lowest BCUT2D eigenvalue weighted by Gasteiger charge is -2.13. The summed E-state index contributed by atoms with van der Waals surface area (Å²) in [4.78, 5) is 24.1. The van der Waals surface area contributed by atoms with Crippen LogP contribution < -0.4 is 10.6 Å². The van der Waals surface area contributed by atoms with Gasteiger partial charge in [0, 0.05) is 25.6 Å². The lowest BCUT2D eigenvalue weighted by Crippen LogP contribution is -2.43. The average Bonchev–Trinajstić information content (AvgIpc) is 2.73. The number of likely N-dealkylation sites (N-methyl/N-ethyl adjacent to an activating group) is 1. The number of unbranched alkanes of at least 4 members (excludes halogenated alkanes) is 3. The molecule has 0 spiro atoms. The molecule has 110 valence electrons. The van der Waals surface area contributed by atoms with Crippen LogP contribution in [0.1, 0.15) is 38.5 Å². The van der Waals surface area contributed by atoms with Crippen LogP contribution in [0.4, 0.5) is 4.79 Å². The van der Waals surface area contributed by atoms with Crippen LogP contribution in [0.5, 0.6) is 0 Å². The lowest BCUT2D eigenvalue weighted by atomic mass is 10.1. The molecule has 6 heteroatoms. The van der Waals surface area contributed by atoms with Crippen LogP contribution >= 0.6 is 0 Å². The van der Waals surface area contributed by atoms with Crippen LogP contribution in [0.2, 0.25) is 0 Å². The van der Waals surface area contributed by atoms with Gasteiger partial charge in [0.05, 0.1) is 0 Å². The molecule has 1 aliphatic rings. The maximum atomic E-state index is 11.6. The van der Waals surface area contributed by atoms with Gasteiger partial charge >= 0.3 is 12.0 Å². The monoisotopic (exact) mass is 271 g/mol. The third kappa shape index (κ3) is 7.66. The molecule has 19 heavy (non-hydrogen) atoms. The molecule has 1 unspecified atom stereocenters. The predicted molar refractivity (Wildman–Crippen MR) is 73.2 cm³/mol. The van der Waals surface area contributed by atoms with E-state index in [1.165, 1.54) is 0 Å². The molecule has 0 aromatic heterocycles. The molecule has 1 rings (SSSR count). The highest BCUT2D eigenvalue weighted by molar-refractivity contribution is 5.74. The average molecular weight is 271 g/mol. The van der Waals surface area contributed by atoms with Gasteiger partial charge < -0.3 is 20.6 Å². The Kier molecular flexibility index (Phi) is 7.25. The predicted octanol–water partition coefficient (Wildman–Crippen LogP) is 1.02. The van der Waals surface area contributed by atoms with E-state index in [1.807, 2.05) is 0 Å². The zero-order chi connectivity index (χ0) is 14.1. The molecule has 1 saturated heterocycles. The van der Waals surface area contributed by atoms with Gasteiger partial charge in [-0.05, 0) is 32.9 Å². The number of hydrogen-bond donors (Lipinski definition) is 3. The number of amides is 2. The van der Waals surface area contributed by atoms with Crippen LogP contribution in [0.15, 0.2) is 0 Å². The van der Waals surface area contributed by atoms with Gasteiger partial charge in [0.15, 0.2) is 0 Å². The second kappa shape index (κ2) is 8.74. The third-order valence-electron chi connectivity index (χ3n) is 3.33. The lowest BCUT2D eigenvalue weighted by molar-refractivity contribution is -0.137. The van der Waals surface area contributed by atoms with Crippen molar-refractivity contribution in [2.45, 2.75) is 44.6 Å². The van der Waals surface area contributed by atoms with E-state index in [2.05, 4.69) is 22.6 Å². The number of urea groups is 1. The molecule has 0 radical (unpaired) electrons. The summed E-state index contributed by atoms with van der Waals surface area (Å²) in [5.41, 5.74) is 0. The highest BCUT2D eigenvalue weighted by Crippen LogP contribution is 2.05. The summed E-state index contributed by atoms with van der Waals surface area (Å²) >= 11 is 0. The van der Waals surface area contributed by atoms with Gasteiger partial charge in [-0.2, -0.15) is 0 Å². The Bertz CT molecular complexity index is 297. The van der Waals surface area contributed by atoms with E-state index in [0.717, 1.165) is 45.2 Å². The maximum absolute atomic E-state index is 11.6. The van der Waals surface area contributed by atoms with Gasteiger partial charge in [-0.3, -0.25) is 4.79 Å². The molecule has 3 N–H and O–H groups in total. The van der Waals surface area contributed by atoms with Gasteiger partial charge in [0.2, 0.25) is 0 Å². The number of hydrogen-bond acceptors (Lipinski definition) is 3. The summed E-state index contributed by atoms with van der Waals surface area (Å²) < 4.78 is 0. The fourth-order valence-corrected chi connectivity index (χ4v) is 2.25. The first-order valence-electron chi connectivity index (χ1n) is 7.02. The number of carboxylic acid groups (broad SMARTS) is 1. The fourth-order valence-electron chi connectivity index (χ4n) is 2.25. The molecule has 0 bridgehead atoms. The van der Waals surface area contributed by atoms with E-state index in [0.29, 0.717) is 6.54 Å². The van der Waals surface area contributed by atoms with Gasteiger partial charge in [0.25, 0.3) is 0 Å². The number of aliphatic carboxylic acids is 1. The van der Waals surface area contributed by atoms with E-state index in [4.69, 9.17) is 5.11 Å². The van der Waals surface area contributed by atoms with Crippen molar-refractivity contribution < 1.29 is 14.7 Å². The van der Waals surface area contributed by atoms with Crippen molar-refractivity contribution in [3.63, 3.8) is 0 Å². The molecule has 1 atom stereocenters. The standard InChI is InChI=1S/C13H25N3O3/c1-16-9-7-11(10-16)15-13(19)14-8-5-3-2-4-6-12(17)18/h11H,2-10H2,1H3,(H,17,18)(H2,14,15,19). The van der Waals surface area contributed by atoms with Crippen LogP contribution in [-0.4, -0.2) is 54.7 Å². The normalized spacial score (nSPS) is 19.3. The summed E-state index contributed by atoms with van der Waals surface area (Å²) in [6.07, 6.45) is 4.73. The number of carbonyl (C=O) groups is 2. The van der Waals surface area contributed by atoms with Crippen molar-refractivity contribution in [2.24, 2.45) is 0 Å². The van der Waals surface area contributed by atoms with Crippen molar-refractivity contribution in [1.29, 1.82) is 0 Å². The Morgan fingerprint density at radius 1 is 1.26 bits per heavy atom. The van der Waals surface area contributed by atoms with E-state index < -0.39 is 5.97 Å². The van der Waals surface area contributed by atoms with Crippen LogP contribution in [0.25, 0.3) is 0 Å². The molecule has 1 aliphatic heterocycles. The van der Waals surface area contributed by atoms with E-state index in [-0.39, 0.29) is 18.5 Å². The maximum Gasteiger partial charge on any atom is 0.315 e. The summed E-state index contributed by atoms with van der Waals surface area (Å²) in [5.74, 6) is -0.737. The third-order valence-corrected chi connectivity index (χ3v) is 3.33. The first-order chi connectivity index (χ1) is 9.08. The molecule has 2 amide bonds. The highest BCUT2D eigenvalue weighted by Gasteiger charge is 2.20. The fraction of sp³-hybridized carbons (Fsp3) is 0.846. The smallest absolute Gasteiger partial charge is 0.315 e. The SMILES string of the molecule is CN1CCC(NC(=O)NCCCCCCC(=O)O)C1. The van der Waals surface area contributed by atoms with E-state index >= 15 is 0 Å². The summed E-state index contributed by atoms with van der Waals surface area (Å²) in [7, 11) is 2.05. The zero-order valence-electron chi connectivity index (χ0n) is 11.7. The molecule has 1 heterocycles. The van der Waals surface area contributed by atoms with Crippen LogP contribution in [0.3, 0.4) is 0 Å². The first-order valence-corrected chi connectivity index (χ1v) is 7.02. The van der Waals surface area contributed by atoms with Crippen LogP contribution in [-0.2, 0) is 4.79 Å². The van der Waals surface area contributed by atoms with Crippen molar-refractivity contribution in [3.05, 3.63) is 0 Å². The molecule has 0 aromatic carbocycles. The van der Waals surface area contributed by atoms with Crippen molar-refractivity contribution in [2.75, 3.05) is 26.7 Å².